The van der Waals surface area contributed by atoms with Crippen molar-refractivity contribution in [2.75, 3.05) is 6.54 Å². The van der Waals surface area contributed by atoms with Crippen LogP contribution in [0.2, 0.25) is 0 Å². The summed E-state index contributed by atoms with van der Waals surface area (Å²) in [6.45, 7) is 10.5. The van der Waals surface area contributed by atoms with Gasteiger partial charge in [-0.3, -0.25) is 5.32 Å². The lowest BCUT2D eigenvalue weighted by Gasteiger charge is -2.49. The smallest absolute Gasteiger partial charge is 0.0989 e. The second-order valence-electron chi connectivity index (χ2n) is 12.4. The molecule has 6 aliphatic rings. The van der Waals surface area contributed by atoms with Gasteiger partial charge in [-0.25, -0.2) is 0 Å². The van der Waals surface area contributed by atoms with Crippen molar-refractivity contribution in [3.05, 3.63) is 22.8 Å². The Balaban J connectivity index is 1.36. The largest absolute Gasteiger partial charge is 0.393 e. The average Bonchev–Trinajstić information content (AvgIpc) is 3.22. The fraction of sp³-hybridized carbons (Fsp3) is 0.852. The molecule has 31 heavy (non-hydrogen) atoms. The van der Waals surface area contributed by atoms with E-state index in [0.29, 0.717) is 11.8 Å². The highest BCUT2D eigenvalue weighted by atomic mass is 16.5. The van der Waals surface area contributed by atoms with Crippen molar-refractivity contribution in [3.63, 3.8) is 0 Å². The summed E-state index contributed by atoms with van der Waals surface area (Å²) < 4.78 is 7.01. The lowest BCUT2D eigenvalue weighted by Crippen LogP contribution is -2.67. The van der Waals surface area contributed by atoms with Crippen LogP contribution in [-0.4, -0.2) is 35.1 Å². The van der Waals surface area contributed by atoms with Crippen LogP contribution in [0.25, 0.3) is 0 Å². The highest BCUT2D eigenvalue weighted by Gasteiger charge is 2.64. The molecule has 4 aliphatic carbocycles. The Hall–Kier alpha value is -0.680. The molecule has 0 radical (unpaired) electrons. The van der Waals surface area contributed by atoms with Crippen LogP contribution in [0.3, 0.4) is 0 Å². The number of rotatable bonds is 0. The maximum absolute atomic E-state index is 10.3. The van der Waals surface area contributed by atoms with Crippen molar-refractivity contribution in [2.45, 2.75) is 103 Å². The van der Waals surface area contributed by atoms with Crippen LogP contribution in [0.1, 0.15) is 79.1 Å². The Morgan fingerprint density at radius 2 is 2.00 bits per heavy atom. The van der Waals surface area contributed by atoms with Crippen LogP contribution in [0.15, 0.2) is 22.8 Å². The zero-order valence-corrected chi connectivity index (χ0v) is 19.9. The first-order valence-corrected chi connectivity index (χ1v) is 13.0. The molecule has 10 atom stereocenters. The van der Waals surface area contributed by atoms with Crippen molar-refractivity contribution < 1.29 is 9.84 Å². The van der Waals surface area contributed by atoms with Gasteiger partial charge in [0.15, 0.2) is 0 Å². The zero-order chi connectivity index (χ0) is 21.8. The molecule has 4 heteroatoms. The van der Waals surface area contributed by atoms with Crippen molar-refractivity contribution in [3.8, 4) is 0 Å². The Morgan fingerprint density at radius 3 is 2.81 bits per heavy atom. The van der Waals surface area contributed by atoms with Crippen LogP contribution < -0.4 is 11.1 Å². The quantitative estimate of drug-likeness (QED) is 0.506. The molecule has 4 fully saturated rings. The van der Waals surface area contributed by atoms with E-state index in [9.17, 15) is 5.11 Å². The van der Waals surface area contributed by atoms with E-state index in [2.05, 4.69) is 39.1 Å². The summed E-state index contributed by atoms with van der Waals surface area (Å²) in [5.41, 5.74) is 11.5. The van der Waals surface area contributed by atoms with Crippen LogP contribution in [0.4, 0.5) is 0 Å². The van der Waals surface area contributed by atoms with Gasteiger partial charge in [-0.15, -0.1) is 0 Å². The van der Waals surface area contributed by atoms with Gasteiger partial charge in [-0.2, -0.15) is 0 Å². The molecule has 0 bridgehead atoms. The van der Waals surface area contributed by atoms with Gasteiger partial charge in [0.2, 0.25) is 0 Å². The standard InChI is InChI=1S/C27H42N2O2/c1-15-11-24-27(28,29-14-15)17(3)26(31-24)10-8-20-21-6-5-18-12-19(30)7-9-25(18,4)23(21)13-22(20)16(26)2/h5,15,17,19-21,23-24,29-30H,6-14,28H2,1-4H3/t15-,17-,19-,20-,21-,23-,24?,25-,26?,27?/m0/s1. The number of aliphatic hydroxyl groups is 1. The van der Waals surface area contributed by atoms with E-state index in [1.54, 1.807) is 11.1 Å². The molecule has 3 unspecified atom stereocenters. The topological polar surface area (TPSA) is 67.5 Å². The Bertz CT molecular complexity index is 850. The molecule has 1 spiro atoms. The Labute approximate surface area is 188 Å². The molecule has 172 valence electrons. The van der Waals surface area contributed by atoms with Gasteiger partial charge in [0.25, 0.3) is 0 Å². The SMILES string of the molecule is CC1=C2C[C@H]3[C@@H](CC=C4C[C@@H](O)CC[C@@]43C)[C@@H]2CCC12OC1C[C@H](C)CNC1(N)[C@H]2C. The van der Waals surface area contributed by atoms with Crippen molar-refractivity contribution in [1.82, 2.24) is 5.32 Å². The van der Waals surface area contributed by atoms with Gasteiger partial charge in [-0.05, 0) is 99.5 Å². The number of nitrogens with two attached hydrogens (primary N) is 1. The number of aliphatic hydroxyl groups excluding tert-OH is 1. The van der Waals surface area contributed by atoms with Crippen LogP contribution in [-0.2, 0) is 4.74 Å². The zero-order valence-electron chi connectivity index (χ0n) is 19.9. The second-order valence-corrected chi connectivity index (χ2v) is 12.4. The third-order valence-electron chi connectivity index (χ3n) is 11.2. The number of fused-ring (bicyclic) bond motifs is 6. The molecular weight excluding hydrogens is 384 g/mol. The highest BCUT2D eigenvalue weighted by molar-refractivity contribution is 5.39. The Morgan fingerprint density at radius 1 is 1.19 bits per heavy atom. The van der Waals surface area contributed by atoms with Crippen molar-refractivity contribution in [2.24, 2.45) is 40.7 Å². The molecule has 4 N–H and O–H groups in total. The first-order valence-electron chi connectivity index (χ1n) is 13.0. The lowest BCUT2D eigenvalue weighted by molar-refractivity contribution is -0.0602. The monoisotopic (exact) mass is 426 g/mol. The number of ether oxygens (including phenoxy) is 1. The lowest BCUT2D eigenvalue weighted by atomic mass is 9.56. The van der Waals surface area contributed by atoms with Gasteiger partial charge in [0, 0.05) is 5.92 Å². The molecular formula is C27H42N2O2. The van der Waals surface area contributed by atoms with E-state index in [1.165, 1.54) is 24.8 Å². The summed E-state index contributed by atoms with van der Waals surface area (Å²) in [7, 11) is 0. The minimum absolute atomic E-state index is 0.118. The summed E-state index contributed by atoms with van der Waals surface area (Å²) in [4.78, 5) is 0. The maximum atomic E-state index is 10.3. The van der Waals surface area contributed by atoms with E-state index in [1.807, 2.05) is 0 Å². The highest BCUT2D eigenvalue weighted by Crippen LogP contribution is 2.65. The predicted octanol–water partition coefficient (Wildman–Crippen LogP) is 4.29. The van der Waals surface area contributed by atoms with Crippen LogP contribution in [0, 0.1) is 35.0 Å². The van der Waals surface area contributed by atoms with Crippen molar-refractivity contribution >= 4 is 0 Å². The fourth-order valence-electron chi connectivity index (χ4n) is 9.10. The molecule has 6 rings (SSSR count). The van der Waals surface area contributed by atoms with Crippen molar-refractivity contribution in [1.29, 1.82) is 0 Å². The second kappa shape index (κ2) is 6.68. The van der Waals surface area contributed by atoms with Gasteiger partial charge >= 0.3 is 0 Å². The van der Waals surface area contributed by atoms with E-state index >= 15 is 0 Å². The van der Waals surface area contributed by atoms with Gasteiger partial charge in [-0.1, -0.05) is 38.0 Å². The van der Waals surface area contributed by atoms with Crippen LogP contribution in [0.5, 0.6) is 0 Å². The maximum Gasteiger partial charge on any atom is 0.0989 e. The molecule has 0 aromatic carbocycles. The number of hydrogen-bond donors (Lipinski definition) is 3. The number of allylic oxidation sites excluding steroid dienone is 2. The number of hydrogen-bond acceptors (Lipinski definition) is 4. The molecule has 2 heterocycles. The molecule has 0 amide bonds. The predicted molar refractivity (Wildman–Crippen MR) is 123 cm³/mol. The molecule has 2 saturated heterocycles. The Kier molecular flexibility index (Phi) is 4.50. The normalized spacial score (nSPS) is 56.1. The summed E-state index contributed by atoms with van der Waals surface area (Å²) in [5, 5.41) is 14.0. The third kappa shape index (κ3) is 2.62. The number of nitrogens with one attached hydrogen (secondary N) is 1. The van der Waals surface area contributed by atoms with E-state index in [0.717, 1.165) is 56.4 Å². The summed E-state index contributed by atoms with van der Waals surface area (Å²) in [6, 6.07) is 0. The minimum Gasteiger partial charge on any atom is -0.393 e. The van der Waals surface area contributed by atoms with E-state index in [-0.39, 0.29) is 23.2 Å². The molecule has 2 aliphatic heterocycles. The summed E-state index contributed by atoms with van der Waals surface area (Å²) in [6.07, 6.45) is 11.4. The van der Waals surface area contributed by atoms with Gasteiger partial charge in [0.05, 0.1) is 23.5 Å². The summed E-state index contributed by atoms with van der Waals surface area (Å²) >= 11 is 0. The molecule has 0 aromatic rings. The fourth-order valence-corrected chi connectivity index (χ4v) is 9.10. The van der Waals surface area contributed by atoms with Gasteiger partial charge in [0.1, 0.15) is 0 Å². The van der Waals surface area contributed by atoms with E-state index < -0.39 is 5.66 Å². The molecule has 0 aromatic heterocycles. The first kappa shape index (κ1) is 20.9. The third-order valence-corrected chi connectivity index (χ3v) is 11.2. The molecule has 2 saturated carbocycles. The van der Waals surface area contributed by atoms with E-state index in [4.69, 9.17) is 10.5 Å². The average molecular weight is 427 g/mol. The first-order chi connectivity index (χ1) is 14.7. The number of piperidine rings is 1. The molecule has 4 nitrogen and oxygen atoms in total. The summed E-state index contributed by atoms with van der Waals surface area (Å²) in [5.74, 6) is 3.14. The van der Waals surface area contributed by atoms with Gasteiger partial charge < -0.3 is 15.6 Å². The minimum atomic E-state index is -0.396. The van der Waals surface area contributed by atoms with Crippen LogP contribution >= 0.6 is 0 Å².